The third-order valence-corrected chi connectivity index (χ3v) is 12.5. The number of aliphatic hydroxyl groups excluding tert-OH is 2. The van der Waals surface area contributed by atoms with Gasteiger partial charge in [0.15, 0.2) is 0 Å². The van der Waals surface area contributed by atoms with E-state index in [4.69, 9.17) is 24.1 Å². The molecule has 1 heterocycles. The molecule has 326 valence electrons. The van der Waals surface area contributed by atoms with Crippen molar-refractivity contribution in [3.05, 3.63) is 0 Å². The van der Waals surface area contributed by atoms with Crippen LogP contribution in [0.4, 0.5) is 35.9 Å². The van der Waals surface area contributed by atoms with Crippen LogP contribution in [0.25, 0.3) is 0 Å². The van der Waals surface area contributed by atoms with Crippen molar-refractivity contribution < 1.29 is 106 Å². The molecule has 0 saturated carbocycles. The summed E-state index contributed by atoms with van der Waals surface area (Å²) >= 11 is -3.86. The number of rotatable bonds is 16. The summed E-state index contributed by atoms with van der Waals surface area (Å²) in [7, 11) is -12.3. The number of hydrogen-bond acceptors (Lipinski definition) is 18. The fraction of sp³-hybridized carbons (Fsp3) is 0.857. The molecule has 0 aromatic rings. The Morgan fingerprint density at radius 2 is 1.24 bits per heavy atom. The molecule has 0 aromatic heterocycles. The molecule has 0 amide bonds. The van der Waals surface area contributed by atoms with Crippen LogP contribution in [0.5, 0.6) is 0 Å². The van der Waals surface area contributed by atoms with Crippen molar-refractivity contribution in [2.75, 3.05) is 52.9 Å². The summed E-state index contributed by atoms with van der Waals surface area (Å²) in [6.45, 7) is 15.1. The number of cyclic esters (lactones) is 2. The second kappa shape index (κ2) is 26.5. The van der Waals surface area contributed by atoms with E-state index in [0.29, 0.717) is 25.0 Å². The van der Waals surface area contributed by atoms with Gasteiger partial charge in [-0.2, -0.15) is 0 Å². The summed E-state index contributed by atoms with van der Waals surface area (Å²) in [4.78, 5) is 44.8. The van der Waals surface area contributed by atoms with Crippen LogP contribution in [0.2, 0.25) is 0 Å². The quantitative estimate of drug-likeness (QED) is 0.0735. The molecule has 1 rings (SSSR count). The summed E-state index contributed by atoms with van der Waals surface area (Å²) in [6, 6.07) is 0. The Morgan fingerprint density at radius 3 is 1.56 bits per heavy atom. The van der Waals surface area contributed by atoms with Crippen molar-refractivity contribution in [2.45, 2.75) is 79.2 Å². The monoisotopic (exact) mass is 970 g/mol. The average Bonchev–Trinajstić information content (AvgIpc) is 3.04. The molecule has 18 nitrogen and oxygen atoms in total. The van der Waals surface area contributed by atoms with Crippen LogP contribution in [0.15, 0.2) is 0 Å². The number of alkyl halides is 6. The number of halogens is 6. The summed E-state index contributed by atoms with van der Waals surface area (Å²) in [5, 5.41) is 17.4. The molecule has 2 radical (unpaired) electrons. The molecule has 2 N–H and O–H groups in total. The van der Waals surface area contributed by atoms with Crippen LogP contribution in [0.1, 0.15) is 68.2 Å². The van der Waals surface area contributed by atoms with Crippen molar-refractivity contribution in [3.8, 4) is 0 Å². The van der Waals surface area contributed by atoms with E-state index in [1.807, 2.05) is 13.8 Å². The van der Waals surface area contributed by atoms with Gasteiger partial charge in [-0.25, -0.2) is 9.59 Å². The first-order chi connectivity index (χ1) is 24.9. The Morgan fingerprint density at radius 1 is 0.800 bits per heavy atom. The molecule has 1 atom stereocenters. The summed E-state index contributed by atoms with van der Waals surface area (Å²) < 4.78 is 145. The third kappa shape index (κ3) is 24.8. The summed E-state index contributed by atoms with van der Waals surface area (Å²) in [6.07, 6.45) is 0.0935. The fourth-order valence-electron chi connectivity index (χ4n) is 2.51. The van der Waals surface area contributed by atoms with Crippen molar-refractivity contribution in [1.29, 1.82) is 0 Å². The standard InChI is InChI=1S/C13H24O6.C8H12O5.C5H12O.2CHF3O3S.Sn/c1-5-17-11(15)13(4,8-14)9-19-12(16)18-7-6-10(2)3;1-3-11-6(9)8(2)4-12-7(10)13-5-8;1-5(2)3-4-6;2*2-1(3,4)8(5,6)7;/h10,14H,5-9H2,1-4H3;3-5H2,1-2H3;5-6H,3-4H2,1-2H3;2*(H,5,6,7);/q;;;;;+2/p-2. The number of carbonyl (C=O) groups is 4. The Bertz CT molecular complexity index is 1320. The van der Waals surface area contributed by atoms with Gasteiger partial charge >= 0.3 is 126 Å². The number of esters is 2. The molecule has 1 saturated heterocycles. The Hall–Kier alpha value is -2.40. The molecule has 1 fully saturated rings. The molecule has 0 aromatic carbocycles. The SMILES string of the molecule is CC(C)CCO.CCOC(=O)C(C)(CO)COC(=O)OCCC(C)C.CCOC(=O)C1(C)COC(=O)OC1.O=S(=O)([O][Sn][O]S(=O)(=O)C(F)(F)F)C(F)(F)F. The van der Waals surface area contributed by atoms with Crippen LogP contribution in [0, 0.1) is 22.7 Å². The van der Waals surface area contributed by atoms with E-state index >= 15 is 0 Å². The van der Waals surface area contributed by atoms with Crippen LogP contribution >= 0.6 is 0 Å². The first-order valence-electron chi connectivity index (χ1n) is 15.8. The van der Waals surface area contributed by atoms with Gasteiger partial charge in [-0.3, -0.25) is 9.59 Å². The van der Waals surface area contributed by atoms with Crippen molar-refractivity contribution >= 4 is 66.5 Å². The predicted molar refractivity (Wildman–Crippen MR) is 175 cm³/mol. The van der Waals surface area contributed by atoms with E-state index in [0.717, 1.165) is 12.8 Å². The van der Waals surface area contributed by atoms with Gasteiger partial charge in [0, 0.05) is 6.61 Å². The van der Waals surface area contributed by atoms with Gasteiger partial charge in [0.2, 0.25) is 0 Å². The first-order valence-corrected chi connectivity index (χ1v) is 21.0. The van der Waals surface area contributed by atoms with Gasteiger partial charge in [0.1, 0.15) is 30.7 Å². The number of carbonyl (C=O) groups excluding carboxylic acids is 4. The molecule has 1 aliphatic heterocycles. The van der Waals surface area contributed by atoms with E-state index in [9.17, 15) is 67.5 Å². The van der Waals surface area contributed by atoms with Gasteiger partial charge < -0.3 is 38.6 Å². The molecule has 0 spiro atoms. The van der Waals surface area contributed by atoms with Crippen molar-refractivity contribution in [1.82, 2.24) is 0 Å². The summed E-state index contributed by atoms with van der Waals surface area (Å²) in [5.41, 5.74) is -13.8. The van der Waals surface area contributed by atoms with E-state index < -0.39 is 94.9 Å². The second-order valence-electron chi connectivity index (χ2n) is 12.1. The number of hydrogen-bond donors (Lipinski definition) is 2. The molecule has 0 aliphatic carbocycles. The van der Waals surface area contributed by atoms with Crippen molar-refractivity contribution in [3.63, 3.8) is 0 Å². The van der Waals surface area contributed by atoms with E-state index in [1.165, 1.54) is 6.92 Å². The molecular formula is C28H48F6O18S2Sn. The van der Waals surface area contributed by atoms with Crippen molar-refractivity contribution in [2.24, 2.45) is 22.7 Å². The molecule has 1 aliphatic rings. The Kier molecular flexibility index (Phi) is 27.4. The van der Waals surface area contributed by atoms with E-state index in [1.54, 1.807) is 20.8 Å². The summed E-state index contributed by atoms with van der Waals surface area (Å²) in [5.74, 6) is 0.0695. The van der Waals surface area contributed by atoms with E-state index in [-0.39, 0.29) is 33.0 Å². The predicted octanol–water partition coefficient (Wildman–Crippen LogP) is 3.75. The minimum atomic E-state index is -6.15. The molecule has 55 heavy (non-hydrogen) atoms. The van der Waals surface area contributed by atoms with Gasteiger partial charge in [-0.15, -0.1) is 0 Å². The van der Waals surface area contributed by atoms with Gasteiger partial charge in [0.25, 0.3) is 0 Å². The van der Waals surface area contributed by atoms with Crippen LogP contribution in [-0.2, 0) is 63.3 Å². The zero-order valence-corrected chi connectivity index (χ0v) is 35.7. The Balaban J connectivity index is -0.000000693. The average molecular weight is 970 g/mol. The molecule has 1 unspecified atom stereocenters. The van der Waals surface area contributed by atoms with E-state index in [2.05, 4.69) is 28.4 Å². The zero-order chi connectivity index (χ0) is 43.9. The molecule has 0 bridgehead atoms. The topological polar surface area (TPSA) is 251 Å². The second-order valence-corrected chi connectivity index (χ2v) is 18.5. The maximum atomic E-state index is 11.6. The van der Waals surface area contributed by atoms with Gasteiger partial charge in [0.05, 0.1) is 26.4 Å². The van der Waals surface area contributed by atoms with Crippen LogP contribution in [0.3, 0.4) is 0 Å². The number of ether oxygens (including phenoxy) is 6. The minimum absolute atomic E-state index is 0.0185. The number of aliphatic hydroxyl groups is 2. The first kappa shape index (κ1) is 56.9. The van der Waals surface area contributed by atoms with Gasteiger partial charge in [-0.1, -0.05) is 27.7 Å². The maximum absolute atomic E-state index is 11.6. The molecule has 27 heteroatoms. The molecular weight excluding hydrogens is 921 g/mol. The van der Waals surface area contributed by atoms with Crippen LogP contribution < -0.4 is 0 Å². The fourth-order valence-corrected chi connectivity index (χ4v) is 6.86. The van der Waals surface area contributed by atoms with Crippen LogP contribution in [-0.4, -0.2) is 137 Å². The van der Waals surface area contributed by atoms with Gasteiger partial charge in [-0.05, 0) is 52.4 Å². The zero-order valence-electron chi connectivity index (χ0n) is 31.2. The normalized spacial score (nSPS) is 15.2. The Labute approximate surface area is 326 Å². The third-order valence-electron chi connectivity index (χ3n) is 5.89.